The van der Waals surface area contributed by atoms with E-state index in [9.17, 15) is 9.59 Å². The van der Waals surface area contributed by atoms with E-state index in [1.165, 1.54) is 0 Å². The largest absolute Gasteiger partial charge is 0.461 e. The van der Waals surface area contributed by atoms with Crippen molar-refractivity contribution in [3.63, 3.8) is 0 Å². The molecule has 7 nitrogen and oxygen atoms in total. The van der Waals surface area contributed by atoms with Gasteiger partial charge in [-0.05, 0) is 44.5 Å². The van der Waals surface area contributed by atoms with E-state index in [2.05, 4.69) is 15.3 Å². The van der Waals surface area contributed by atoms with Crippen molar-refractivity contribution in [3.05, 3.63) is 46.6 Å². The number of nitrogens with one attached hydrogen (secondary N) is 2. The van der Waals surface area contributed by atoms with Crippen molar-refractivity contribution in [2.24, 2.45) is 0 Å². The fourth-order valence-electron chi connectivity index (χ4n) is 2.81. The van der Waals surface area contributed by atoms with Crippen LogP contribution in [-0.4, -0.2) is 28.5 Å². The molecule has 3 aromatic rings. The second-order valence-electron chi connectivity index (χ2n) is 5.71. The molecular weight excluding hydrogens is 322 g/mol. The Morgan fingerprint density at radius 3 is 2.76 bits per heavy atom. The van der Waals surface area contributed by atoms with Gasteiger partial charge in [-0.3, -0.25) is 4.79 Å². The second kappa shape index (κ2) is 6.43. The summed E-state index contributed by atoms with van der Waals surface area (Å²) in [7, 11) is 0. The molecule has 0 atom stereocenters. The molecule has 1 aromatic carbocycles. The van der Waals surface area contributed by atoms with Crippen LogP contribution in [0.2, 0.25) is 0 Å². The van der Waals surface area contributed by atoms with Gasteiger partial charge in [0.15, 0.2) is 11.5 Å². The Hall–Kier alpha value is -3.09. The lowest BCUT2D eigenvalue weighted by atomic mass is 10.1. The minimum Gasteiger partial charge on any atom is -0.461 e. The van der Waals surface area contributed by atoms with Gasteiger partial charge in [0.1, 0.15) is 11.2 Å². The molecule has 2 aromatic heterocycles. The molecule has 7 heteroatoms. The topological polar surface area (TPSA) is 97.2 Å². The molecule has 0 aliphatic heterocycles. The van der Waals surface area contributed by atoms with Crippen LogP contribution in [0, 0.1) is 20.8 Å². The maximum atomic E-state index is 12.7. The molecule has 2 heterocycles. The van der Waals surface area contributed by atoms with E-state index in [1.807, 2.05) is 0 Å². The lowest BCUT2D eigenvalue weighted by molar-refractivity contribution is 0.0519. The van der Waals surface area contributed by atoms with Crippen molar-refractivity contribution < 1.29 is 18.7 Å². The third-order valence-electron chi connectivity index (χ3n) is 3.90. The molecule has 25 heavy (non-hydrogen) atoms. The van der Waals surface area contributed by atoms with Crippen LogP contribution in [0.25, 0.3) is 11.1 Å². The van der Waals surface area contributed by atoms with Gasteiger partial charge in [-0.1, -0.05) is 0 Å². The summed E-state index contributed by atoms with van der Waals surface area (Å²) in [6.07, 6.45) is 0. The van der Waals surface area contributed by atoms with Gasteiger partial charge in [0, 0.05) is 18.3 Å². The molecule has 0 radical (unpaired) electrons. The monoisotopic (exact) mass is 341 g/mol. The summed E-state index contributed by atoms with van der Waals surface area (Å²) < 4.78 is 10.4. The highest BCUT2D eigenvalue weighted by atomic mass is 16.5. The van der Waals surface area contributed by atoms with Crippen LogP contribution < -0.4 is 5.32 Å². The summed E-state index contributed by atoms with van der Waals surface area (Å²) in [5, 5.41) is 2.83. The molecule has 0 saturated heterocycles. The van der Waals surface area contributed by atoms with Gasteiger partial charge < -0.3 is 19.5 Å². The molecule has 0 aliphatic carbocycles. The Morgan fingerprint density at radius 2 is 2.04 bits per heavy atom. The number of fused-ring (bicyclic) bond motifs is 1. The SMILES string of the molecule is CCOC(=O)c1[nH]c(C)c(C(=O)Nc2ccc3oc(C)nc3c2)c1C. The zero-order chi connectivity index (χ0) is 18.1. The first kappa shape index (κ1) is 16.8. The van der Waals surface area contributed by atoms with Gasteiger partial charge >= 0.3 is 5.97 Å². The number of esters is 1. The van der Waals surface area contributed by atoms with Gasteiger partial charge in [-0.25, -0.2) is 9.78 Å². The van der Waals surface area contributed by atoms with Gasteiger partial charge in [0.25, 0.3) is 5.91 Å². The first-order valence-corrected chi connectivity index (χ1v) is 7.95. The predicted molar refractivity (Wildman–Crippen MR) is 92.9 cm³/mol. The number of carbonyl (C=O) groups is 2. The highest BCUT2D eigenvalue weighted by Gasteiger charge is 2.23. The summed E-state index contributed by atoms with van der Waals surface area (Å²) in [6.45, 7) is 7.23. The number of oxazole rings is 1. The molecule has 0 unspecified atom stereocenters. The minimum absolute atomic E-state index is 0.273. The Bertz CT molecular complexity index is 968. The fraction of sp³-hybridized carbons (Fsp3) is 0.278. The quantitative estimate of drug-likeness (QED) is 0.708. The van der Waals surface area contributed by atoms with Crippen molar-refractivity contribution in [3.8, 4) is 0 Å². The molecule has 3 rings (SSSR count). The Labute approximate surface area is 144 Å². The first-order valence-electron chi connectivity index (χ1n) is 7.95. The number of aryl methyl sites for hydroxylation is 2. The zero-order valence-corrected chi connectivity index (χ0v) is 14.5. The van der Waals surface area contributed by atoms with E-state index in [0.717, 1.165) is 0 Å². The molecule has 0 saturated carbocycles. The minimum atomic E-state index is -0.471. The highest BCUT2D eigenvalue weighted by molar-refractivity contribution is 6.08. The first-order chi connectivity index (χ1) is 11.9. The third kappa shape index (κ3) is 3.13. The van der Waals surface area contributed by atoms with Gasteiger partial charge in [0.05, 0.1) is 12.2 Å². The molecule has 0 aliphatic rings. The summed E-state index contributed by atoms with van der Waals surface area (Å²) in [6, 6.07) is 5.24. The van der Waals surface area contributed by atoms with E-state index in [1.54, 1.807) is 45.9 Å². The van der Waals surface area contributed by atoms with E-state index >= 15 is 0 Å². The average molecular weight is 341 g/mol. The Morgan fingerprint density at radius 1 is 1.28 bits per heavy atom. The smallest absolute Gasteiger partial charge is 0.355 e. The molecular formula is C18H19N3O4. The molecule has 130 valence electrons. The predicted octanol–water partition coefficient (Wildman–Crippen LogP) is 3.51. The van der Waals surface area contributed by atoms with Crippen molar-refractivity contribution >= 4 is 28.7 Å². The molecule has 0 fully saturated rings. The van der Waals surface area contributed by atoms with Crippen LogP contribution in [-0.2, 0) is 4.74 Å². The van der Waals surface area contributed by atoms with E-state index in [4.69, 9.17) is 9.15 Å². The van der Waals surface area contributed by atoms with E-state index < -0.39 is 5.97 Å². The van der Waals surface area contributed by atoms with Gasteiger partial charge in [-0.2, -0.15) is 0 Å². The number of aromatic amines is 1. The number of ether oxygens (including phenoxy) is 1. The number of anilines is 1. The van der Waals surface area contributed by atoms with Gasteiger partial charge in [-0.15, -0.1) is 0 Å². The molecule has 1 amide bonds. The number of benzene rings is 1. The van der Waals surface area contributed by atoms with Crippen molar-refractivity contribution in [1.82, 2.24) is 9.97 Å². The third-order valence-corrected chi connectivity index (χ3v) is 3.90. The summed E-state index contributed by atoms with van der Waals surface area (Å²) in [4.78, 5) is 31.8. The van der Waals surface area contributed by atoms with Crippen molar-refractivity contribution in [1.29, 1.82) is 0 Å². The number of carbonyl (C=O) groups excluding carboxylic acids is 2. The number of H-pyrrole nitrogens is 1. The summed E-state index contributed by atoms with van der Waals surface area (Å²) in [5.41, 5.74) is 3.83. The van der Waals surface area contributed by atoms with Crippen molar-refractivity contribution in [2.45, 2.75) is 27.7 Å². The number of aromatic nitrogens is 2. The van der Waals surface area contributed by atoms with Crippen molar-refractivity contribution in [2.75, 3.05) is 11.9 Å². The van der Waals surface area contributed by atoms with Gasteiger partial charge in [0.2, 0.25) is 0 Å². The molecule has 0 bridgehead atoms. The molecule has 0 spiro atoms. The van der Waals surface area contributed by atoms with Crippen LogP contribution in [0.5, 0.6) is 0 Å². The lowest BCUT2D eigenvalue weighted by Gasteiger charge is -2.06. The van der Waals surface area contributed by atoms with E-state index in [0.29, 0.717) is 45.2 Å². The van der Waals surface area contributed by atoms with Crippen LogP contribution in [0.15, 0.2) is 22.6 Å². The maximum Gasteiger partial charge on any atom is 0.355 e. The molecule has 2 N–H and O–H groups in total. The second-order valence-corrected chi connectivity index (χ2v) is 5.71. The highest BCUT2D eigenvalue weighted by Crippen LogP contribution is 2.23. The number of rotatable bonds is 4. The average Bonchev–Trinajstić information content (AvgIpc) is 3.05. The number of amides is 1. The summed E-state index contributed by atoms with van der Waals surface area (Å²) in [5.74, 6) is -0.210. The van der Waals surface area contributed by atoms with Crippen LogP contribution in [0.4, 0.5) is 5.69 Å². The fourth-order valence-corrected chi connectivity index (χ4v) is 2.81. The number of nitrogens with zero attached hydrogens (tertiary/aromatic N) is 1. The van der Waals surface area contributed by atoms with E-state index in [-0.39, 0.29) is 12.5 Å². The number of hydrogen-bond acceptors (Lipinski definition) is 5. The Balaban J connectivity index is 1.88. The maximum absolute atomic E-state index is 12.7. The van der Waals surface area contributed by atoms with Crippen LogP contribution in [0.3, 0.4) is 0 Å². The normalized spacial score (nSPS) is 10.9. The lowest BCUT2D eigenvalue weighted by Crippen LogP contribution is -2.14. The summed E-state index contributed by atoms with van der Waals surface area (Å²) >= 11 is 0. The van der Waals surface area contributed by atoms with Crippen LogP contribution >= 0.6 is 0 Å². The zero-order valence-electron chi connectivity index (χ0n) is 14.5. The standard InChI is InChI=1S/C18H19N3O4/c1-5-24-18(23)16-9(2)15(10(3)19-16)17(22)21-12-6-7-14-13(8-12)20-11(4)25-14/h6-8,19H,5H2,1-4H3,(H,21,22). The van der Waals surface area contributed by atoms with Crippen LogP contribution in [0.1, 0.15) is 44.9 Å². The number of hydrogen-bond donors (Lipinski definition) is 2. The Kier molecular flexibility index (Phi) is 4.31.